The van der Waals surface area contributed by atoms with Crippen molar-refractivity contribution in [3.8, 4) is 5.69 Å². The first-order valence-corrected chi connectivity index (χ1v) is 3.76. The Labute approximate surface area is 70.1 Å². The molecule has 12 heavy (non-hydrogen) atoms. The molecular weight excluding hydrogens is 153 g/mol. The highest BCUT2D eigenvalue weighted by molar-refractivity contribution is 5.32. The Morgan fingerprint density at radius 1 is 0.917 bits per heavy atom. The van der Waals surface area contributed by atoms with Crippen molar-refractivity contribution in [2.24, 2.45) is 0 Å². The van der Waals surface area contributed by atoms with Gasteiger partial charge in [0, 0.05) is 11.9 Å². The Morgan fingerprint density at radius 3 is 2.25 bits per heavy atom. The minimum Gasteiger partial charge on any atom is -0.294 e. The minimum atomic E-state index is -0.235. The Hall–Kier alpha value is -1.57. The molecule has 0 atom stereocenters. The summed E-state index contributed by atoms with van der Waals surface area (Å²) < 4.78 is 14.5. The maximum absolute atomic E-state index is 13.0. The largest absolute Gasteiger partial charge is 0.294 e. The number of para-hydroxylation sites is 1. The highest BCUT2D eigenvalue weighted by atomic mass is 19.1. The lowest BCUT2D eigenvalue weighted by Crippen LogP contribution is -1.93. The van der Waals surface area contributed by atoms with Gasteiger partial charge in [-0.3, -0.25) is 4.57 Å². The number of rotatable bonds is 1. The predicted octanol–water partition coefficient (Wildman–Crippen LogP) is 2.62. The van der Waals surface area contributed by atoms with Crippen molar-refractivity contribution >= 4 is 0 Å². The first-order valence-electron chi connectivity index (χ1n) is 3.76. The van der Waals surface area contributed by atoms with E-state index >= 15 is 0 Å². The molecule has 0 spiro atoms. The third-order valence-electron chi connectivity index (χ3n) is 1.73. The monoisotopic (exact) mass is 161 g/mol. The number of aromatic nitrogens is 1. The molecule has 0 aliphatic heterocycles. The molecule has 0 aliphatic carbocycles. The molecule has 0 aliphatic rings. The fourth-order valence-corrected chi connectivity index (χ4v) is 1.16. The van der Waals surface area contributed by atoms with Gasteiger partial charge in [-0.1, -0.05) is 18.2 Å². The topological polar surface area (TPSA) is 4.93 Å². The van der Waals surface area contributed by atoms with Gasteiger partial charge >= 0.3 is 0 Å². The average molecular weight is 161 g/mol. The first-order chi connectivity index (χ1) is 5.88. The Morgan fingerprint density at radius 2 is 1.67 bits per heavy atom. The quantitative estimate of drug-likeness (QED) is 0.605. The predicted molar refractivity (Wildman–Crippen MR) is 45.7 cm³/mol. The standard InChI is InChI=1S/C10H8FN/c11-10-7-4-8-12(10)9-5-2-1-3-6-9/h1-8H. The van der Waals surface area contributed by atoms with E-state index in [1.54, 1.807) is 12.3 Å². The highest BCUT2D eigenvalue weighted by Crippen LogP contribution is 2.09. The second-order valence-electron chi connectivity index (χ2n) is 2.54. The van der Waals surface area contributed by atoms with E-state index < -0.39 is 0 Å². The van der Waals surface area contributed by atoms with E-state index in [-0.39, 0.29) is 5.95 Å². The zero-order valence-corrected chi connectivity index (χ0v) is 6.44. The van der Waals surface area contributed by atoms with E-state index in [9.17, 15) is 4.39 Å². The number of hydrogen-bond donors (Lipinski definition) is 0. The average Bonchev–Trinajstić information content (AvgIpc) is 2.53. The number of nitrogens with zero attached hydrogens (tertiary/aromatic N) is 1. The molecule has 1 heterocycles. The Balaban J connectivity index is 2.51. The molecule has 0 bridgehead atoms. The molecule has 2 heteroatoms. The maximum atomic E-state index is 13.0. The molecular formula is C10H8FN. The lowest BCUT2D eigenvalue weighted by Gasteiger charge is -2.01. The Kier molecular flexibility index (Phi) is 1.67. The van der Waals surface area contributed by atoms with Crippen LogP contribution in [0.2, 0.25) is 0 Å². The molecule has 0 amide bonds. The van der Waals surface area contributed by atoms with E-state index in [2.05, 4.69) is 0 Å². The van der Waals surface area contributed by atoms with E-state index in [4.69, 9.17) is 0 Å². The van der Waals surface area contributed by atoms with Gasteiger partial charge in [-0.05, 0) is 24.3 Å². The van der Waals surface area contributed by atoms with Crippen LogP contribution in [0.5, 0.6) is 0 Å². The second-order valence-corrected chi connectivity index (χ2v) is 2.54. The highest BCUT2D eigenvalue weighted by Gasteiger charge is 1.98. The zero-order valence-electron chi connectivity index (χ0n) is 6.44. The third-order valence-corrected chi connectivity index (χ3v) is 1.73. The summed E-state index contributed by atoms with van der Waals surface area (Å²) in [4.78, 5) is 0. The van der Waals surface area contributed by atoms with Crippen molar-refractivity contribution in [2.45, 2.75) is 0 Å². The van der Waals surface area contributed by atoms with Crippen LogP contribution in [-0.4, -0.2) is 4.57 Å². The molecule has 0 unspecified atom stereocenters. The third kappa shape index (κ3) is 1.11. The normalized spacial score (nSPS) is 10.1. The van der Waals surface area contributed by atoms with Gasteiger partial charge in [-0.25, -0.2) is 0 Å². The van der Waals surface area contributed by atoms with E-state index in [1.165, 1.54) is 10.6 Å². The lowest BCUT2D eigenvalue weighted by atomic mass is 10.3. The second kappa shape index (κ2) is 2.81. The SMILES string of the molecule is Fc1cccn1-c1ccccc1. The molecule has 0 fully saturated rings. The van der Waals surface area contributed by atoms with Gasteiger partial charge in [0.05, 0.1) is 0 Å². The van der Waals surface area contributed by atoms with Crippen LogP contribution in [0.25, 0.3) is 5.69 Å². The van der Waals surface area contributed by atoms with Gasteiger partial charge in [0.1, 0.15) is 0 Å². The fourth-order valence-electron chi connectivity index (χ4n) is 1.16. The van der Waals surface area contributed by atoms with E-state index in [0.29, 0.717) is 0 Å². The van der Waals surface area contributed by atoms with Gasteiger partial charge in [0.25, 0.3) is 0 Å². The summed E-state index contributed by atoms with van der Waals surface area (Å²) in [6, 6.07) is 12.5. The summed E-state index contributed by atoms with van der Waals surface area (Å²) in [5.74, 6) is -0.235. The molecule has 0 radical (unpaired) electrons. The summed E-state index contributed by atoms with van der Waals surface area (Å²) in [6.45, 7) is 0. The summed E-state index contributed by atoms with van der Waals surface area (Å²) in [5, 5.41) is 0. The molecule has 60 valence electrons. The number of benzene rings is 1. The van der Waals surface area contributed by atoms with Crippen LogP contribution >= 0.6 is 0 Å². The smallest absolute Gasteiger partial charge is 0.198 e. The van der Waals surface area contributed by atoms with Gasteiger partial charge in [0.15, 0.2) is 5.95 Å². The van der Waals surface area contributed by atoms with Crippen LogP contribution in [0.4, 0.5) is 4.39 Å². The molecule has 2 rings (SSSR count). The molecule has 1 nitrogen and oxygen atoms in total. The van der Waals surface area contributed by atoms with Gasteiger partial charge < -0.3 is 0 Å². The van der Waals surface area contributed by atoms with Crippen LogP contribution in [0, 0.1) is 5.95 Å². The van der Waals surface area contributed by atoms with E-state index in [0.717, 1.165) is 5.69 Å². The van der Waals surface area contributed by atoms with Crippen LogP contribution in [-0.2, 0) is 0 Å². The lowest BCUT2D eigenvalue weighted by molar-refractivity contribution is 0.560. The van der Waals surface area contributed by atoms with Gasteiger partial charge in [-0.2, -0.15) is 4.39 Å². The van der Waals surface area contributed by atoms with Crippen LogP contribution in [0.15, 0.2) is 48.7 Å². The number of hydrogen-bond acceptors (Lipinski definition) is 0. The van der Waals surface area contributed by atoms with Crippen molar-refractivity contribution < 1.29 is 4.39 Å². The first kappa shape index (κ1) is 7.10. The minimum absolute atomic E-state index is 0.235. The van der Waals surface area contributed by atoms with Gasteiger partial charge in [-0.15, -0.1) is 0 Å². The fraction of sp³-hybridized carbons (Fsp3) is 0. The molecule has 0 N–H and O–H groups in total. The molecule has 1 aromatic heterocycles. The maximum Gasteiger partial charge on any atom is 0.198 e. The molecule has 0 saturated carbocycles. The van der Waals surface area contributed by atoms with Gasteiger partial charge in [0.2, 0.25) is 0 Å². The summed E-state index contributed by atoms with van der Waals surface area (Å²) in [7, 11) is 0. The summed E-state index contributed by atoms with van der Waals surface area (Å²) in [6.07, 6.45) is 1.70. The van der Waals surface area contributed by atoms with E-state index in [1.807, 2.05) is 30.3 Å². The van der Waals surface area contributed by atoms with Crippen molar-refractivity contribution in [2.75, 3.05) is 0 Å². The van der Waals surface area contributed by atoms with Crippen LogP contribution < -0.4 is 0 Å². The van der Waals surface area contributed by atoms with Crippen LogP contribution in [0.1, 0.15) is 0 Å². The summed E-state index contributed by atoms with van der Waals surface area (Å²) >= 11 is 0. The Bertz CT molecular complexity index is 364. The molecule has 0 saturated heterocycles. The van der Waals surface area contributed by atoms with Crippen molar-refractivity contribution in [1.29, 1.82) is 0 Å². The van der Waals surface area contributed by atoms with Crippen molar-refractivity contribution in [3.63, 3.8) is 0 Å². The summed E-state index contributed by atoms with van der Waals surface area (Å²) in [5.41, 5.74) is 0.847. The zero-order chi connectivity index (χ0) is 8.39. The number of halogens is 1. The van der Waals surface area contributed by atoms with Crippen molar-refractivity contribution in [3.05, 3.63) is 54.6 Å². The molecule has 2 aromatic rings. The molecule has 1 aromatic carbocycles. The van der Waals surface area contributed by atoms with Crippen molar-refractivity contribution in [1.82, 2.24) is 4.57 Å². The van der Waals surface area contributed by atoms with Crippen LogP contribution in [0.3, 0.4) is 0 Å².